The molecule has 2 aliphatic rings. The molecule has 0 radical (unpaired) electrons. The van der Waals surface area contributed by atoms with E-state index >= 15 is 0 Å². The average molecular weight is 268 g/mol. The fourth-order valence-electron chi connectivity index (χ4n) is 3.72. The summed E-state index contributed by atoms with van der Waals surface area (Å²) in [5.74, 6) is -0.643. The molecule has 3 unspecified atom stereocenters. The van der Waals surface area contributed by atoms with Crippen molar-refractivity contribution in [3.8, 4) is 0 Å². The number of fused-ring (bicyclic) bond motifs is 1. The van der Waals surface area contributed by atoms with E-state index in [4.69, 9.17) is 0 Å². The summed E-state index contributed by atoms with van der Waals surface area (Å²) in [5, 5.41) is 9.53. The summed E-state index contributed by atoms with van der Waals surface area (Å²) >= 11 is 0. The minimum Gasteiger partial charge on any atom is -0.481 e. The van der Waals surface area contributed by atoms with Crippen LogP contribution in [0.3, 0.4) is 0 Å². The standard InChI is InChI=1S/C15H28N2O2/c1-4-7-15(3,14(18)19)11-17-10-13-6-5-8-16(13)9-12(17)2/h12-13H,4-11H2,1-3H3,(H,18,19). The lowest BCUT2D eigenvalue weighted by Gasteiger charge is -2.45. The zero-order valence-corrected chi connectivity index (χ0v) is 12.6. The molecule has 4 heteroatoms. The molecule has 1 N–H and O–H groups in total. The van der Waals surface area contributed by atoms with E-state index in [-0.39, 0.29) is 0 Å². The first-order valence-corrected chi connectivity index (χ1v) is 7.68. The van der Waals surface area contributed by atoms with Gasteiger partial charge in [-0.1, -0.05) is 13.3 Å². The van der Waals surface area contributed by atoms with Gasteiger partial charge in [0.05, 0.1) is 5.41 Å². The average Bonchev–Trinajstić information content (AvgIpc) is 2.76. The Morgan fingerprint density at radius 2 is 2.16 bits per heavy atom. The van der Waals surface area contributed by atoms with Crippen molar-refractivity contribution >= 4 is 5.97 Å². The third-order valence-electron chi connectivity index (χ3n) is 4.94. The van der Waals surface area contributed by atoms with Crippen LogP contribution in [-0.2, 0) is 4.79 Å². The van der Waals surface area contributed by atoms with Crippen molar-refractivity contribution in [1.82, 2.24) is 9.80 Å². The summed E-state index contributed by atoms with van der Waals surface area (Å²) in [7, 11) is 0. The van der Waals surface area contributed by atoms with E-state index in [1.165, 1.54) is 19.4 Å². The molecule has 2 heterocycles. The van der Waals surface area contributed by atoms with Gasteiger partial charge in [0, 0.05) is 31.7 Å². The maximum absolute atomic E-state index is 11.6. The fraction of sp³-hybridized carbons (Fsp3) is 0.933. The van der Waals surface area contributed by atoms with Gasteiger partial charge in [-0.3, -0.25) is 14.6 Å². The Morgan fingerprint density at radius 3 is 2.79 bits per heavy atom. The molecule has 0 spiro atoms. The van der Waals surface area contributed by atoms with E-state index in [1.807, 2.05) is 6.92 Å². The Balaban J connectivity index is 2.02. The molecule has 0 aliphatic carbocycles. The van der Waals surface area contributed by atoms with E-state index in [1.54, 1.807) is 0 Å². The van der Waals surface area contributed by atoms with Crippen molar-refractivity contribution in [2.45, 2.75) is 58.5 Å². The Kier molecular flexibility index (Phi) is 4.51. The zero-order valence-electron chi connectivity index (χ0n) is 12.6. The molecule has 0 amide bonds. The molecule has 0 aromatic rings. The highest BCUT2D eigenvalue weighted by atomic mass is 16.4. The summed E-state index contributed by atoms with van der Waals surface area (Å²) in [6.07, 6.45) is 4.28. The minimum atomic E-state index is -0.643. The van der Waals surface area contributed by atoms with Crippen LogP contribution < -0.4 is 0 Å². The number of carbonyl (C=O) groups is 1. The number of carboxylic acid groups (broad SMARTS) is 1. The molecular weight excluding hydrogens is 240 g/mol. The predicted octanol–water partition coefficient (Wildman–Crippen LogP) is 2.05. The van der Waals surface area contributed by atoms with Crippen LogP contribution in [0.1, 0.15) is 46.5 Å². The van der Waals surface area contributed by atoms with Crippen molar-refractivity contribution in [3.05, 3.63) is 0 Å². The first kappa shape index (κ1) is 14.8. The van der Waals surface area contributed by atoms with Gasteiger partial charge in [0.25, 0.3) is 0 Å². The molecule has 2 fully saturated rings. The summed E-state index contributed by atoms with van der Waals surface area (Å²) < 4.78 is 0. The lowest BCUT2D eigenvalue weighted by Crippen LogP contribution is -2.57. The highest BCUT2D eigenvalue weighted by Gasteiger charge is 2.40. The summed E-state index contributed by atoms with van der Waals surface area (Å²) in [6, 6.07) is 1.14. The Hall–Kier alpha value is -0.610. The predicted molar refractivity (Wildman–Crippen MR) is 76.3 cm³/mol. The molecule has 0 aromatic heterocycles. The molecule has 2 rings (SSSR count). The maximum atomic E-state index is 11.6. The molecular formula is C15H28N2O2. The molecule has 19 heavy (non-hydrogen) atoms. The number of hydrogen-bond donors (Lipinski definition) is 1. The molecule has 3 atom stereocenters. The van der Waals surface area contributed by atoms with Gasteiger partial charge in [0.2, 0.25) is 0 Å². The normalized spacial score (nSPS) is 31.9. The van der Waals surface area contributed by atoms with Crippen LogP contribution in [0.15, 0.2) is 0 Å². The second-order valence-electron chi connectivity index (χ2n) is 6.69. The second-order valence-corrected chi connectivity index (χ2v) is 6.69. The summed E-state index contributed by atoms with van der Waals surface area (Å²) in [6.45, 7) is 10.3. The van der Waals surface area contributed by atoms with Crippen LogP contribution in [0, 0.1) is 5.41 Å². The van der Waals surface area contributed by atoms with Gasteiger partial charge in [0.15, 0.2) is 0 Å². The largest absolute Gasteiger partial charge is 0.481 e. The number of hydrogen-bond acceptors (Lipinski definition) is 3. The molecule has 110 valence electrons. The lowest BCUT2D eigenvalue weighted by molar-refractivity contribution is -0.150. The molecule has 0 saturated carbocycles. The highest BCUT2D eigenvalue weighted by Crippen LogP contribution is 2.30. The number of piperazine rings is 1. The topological polar surface area (TPSA) is 43.8 Å². The van der Waals surface area contributed by atoms with Gasteiger partial charge in [-0.25, -0.2) is 0 Å². The van der Waals surface area contributed by atoms with E-state index in [0.717, 1.165) is 25.9 Å². The third-order valence-corrected chi connectivity index (χ3v) is 4.94. The van der Waals surface area contributed by atoms with Crippen molar-refractivity contribution < 1.29 is 9.90 Å². The van der Waals surface area contributed by atoms with Crippen LogP contribution >= 0.6 is 0 Å². The van der Waals surface area contributed by atoms with Crippen molar-refractivity contribution in [2.24, 2.45) is 5.41 Å². The molecule has 2 saturated heterocycles. The second kappa shape index (κ2) is 5.80. The monoisotopic (exact) mass is 268 g/mol. The number of carboxylic acids is 1. The van der Waals surface area contributed by atoms with Crippen molar-refractivity contribution in [1.29, 1.82) is 0 Å². The van der Waals surface area contributed by atoms with Gasteiger partial charge in [-0.2, -0.15) is 0 Å². The van der Waals surface area contributed by atoms with Gasteiger partial charge < -0.3 is 5.11 Å². The highest BCUT2D eigenvalue weighted by molar-refractivity contribution is 5.74. The lowest BCUT2D eigenvalue weighted by atomic mass is 9.84. The van der Waals surface area contributed by atoms with E-state index < -0.39 is 11.4 Å². The number of rotatable bonds is 5. The molecule has 2 aliphatic heterocycles. The first-order valence-electron chi connectivity index (χ1n) is 7.68. The van der Waals surface area contributed by atoms with Gasteiger partial charge in [-0.15, -0.1) is 0 Å². The Morgan fingerprint density at radius 1 is 1.42 bits per heavy atom. The van der Waals surface area contributed by atoms with Gasteiger partial charge in [-0.05, 0) is 39.7 Å². The fourth-order valence-corrected chi connectivity index (χ4v) is 3.72. The van der Waals surface area contributed by atoms with E-state index in [9.17, 15) is 9.90 Å². The Bertz CT molecular complexity index is 334. The first-order chi connectivity index (χ1) is 8.96. The van der Waals surface area contributed by atoms with Crippen molar-refractivity contribution in [3.63, 3.8) is 0 Å². The maximum Gasteiger partial charge on any atom is 0.310 e. The summed E-state index contributed by atoms with van der Waals surface area (Å²) in [4.78, 5) is 16.6. The van der Waals surface area contributed by atoms with Crippen LogP contribution in [0.4, 0.5) is 0 Å². The van der Waals surface area contributed by atoms with Crippen LogP contribution in [-0.4, -0.2) is 59.1 Å². The third kappa shape index (κ3) is 3.11. The smallest absolute Gasteiger partial charge is 0.310 e. The van der Waals surface area contributed by atoms with E-state index in [2.05, 4.69) is 23.6 Å². The van der Waals surface area contributed by atoms with Crippen LogP contribution in [0.2, 0.25) is 0 Å². The van der Waals surface area contributed by atoms with Gasteiger partial charge >= 0.3 is 5.97 Å². The molecule has 0 bridgehead atoms. The number of nitrogens with zero attached hydrogens (tertiary/aromatic N) is 2. The molecule has 0 aromatic carbocycles. The summed E-state index contributed by atoms with van der Waals surface area (Å²) in [5.41, 5.74) is -0.593. The quantitative estimate of drug-likeness (QED) is 0.829. The number of aliphatic carboxylic acids is 1. The SMILES string of the molecule is CCCC(C)(CN1CC2CCCN2CC1C)C(=O)O. The van der Waals surface area contributed by atoms with Crippen LogP contribution in [0.25, 0.3) is 0 Å². The van der Waals surface area contributed by atoms with E-state index in [0.29, 0.717) is 18.6 Å². The minimum absolute atomic E-state index is 0.477. The molecule has 4 nitrogen and oxygen atoms in total. The van der Waals surface area contributed by atoms with Crippen molar-refractivity contribution in [2.75, 3.05) is 26.2 Å². The van der Waals surface area contributed by atoms with Crippen LogP contribution in [0.5, 0.6) is 0 Å². The zero-order chi connectivity index (χ0) is 14.0. The van der Waals surface area contributed by atoms with Gasteiger partial charge in [0.1, 0.15) is 0 Å². The Labute approximate surface area is 116 Å².